The highest BCUT2D eigenvalue weighted by Crippen LogP contribution is 2.18. The van der Waals surface area contributed by atoms with Crippen molar-refractivity contribution in [2.45, 2.75) is 6.61 Å². The molecule has 0 spiro atoms. The third kappa shape index (κ3) is 5.17. The van der Waals surface area contributed by atoms with Crippen LogP contribution >= 0.6 is 0 Å². The fraction of sp³-hybridized carbons (Fsp3) is 0.158. The van der Waals surface area contributed by atoms with Crippen LogP contribution in [0.3, 0.4) is 0 Å². The van der Waals surface area contributed by atoms with Crippen molar-refractivity contribution >= 4 is 18.0 Å². The van der Waals surface area contributed by atoms with Gasteiger partial charge in [-0.25, -0.2) is 14.0 Å². The Hall–Kier alpha value is -3.15. The van der Waals surface area contributed by atoms with E-state index in [4.69, 9.17) is 9.47 Å². The van der Waals surface area contributed by atoms with Gasteiger partial charge in [0, 0.05) is 6.08 Å². The molecule has 0 radical (unpaired) electrons. The lowest BCUT2D eigenvalue weighted by molar-refractivity contribution is -0.138. The molecule has 0 fully saturated rings. The number of rotatable bonds is 6. The molecule has 0 saturated heterocycles. The lowest BCUT2D eigenvalue weighted by Crippen LogP contribution is -2.02. The van der Waals surface area contributed by atoms with Gasteiger partial charge in [0.2, 0.25) is 0 Å². The molecule has 0 aliphatic rings. The number of halogens is 1. The minimum Gasteiger partial charge on any atom is -0.494 e. The van der Waals surface area contributed by atoms with Crippen molar-refractivity contribution in [3.8, 4) is 5.75 Å². The summed E-state index contributed by atoms with van der Waals surface area (Å²) in [6.45, 7) is -0.0502. The number of hydrogen-bond donors (Lipinski definition) is 0. The molecule has 0 bridgehead atoms. The maximum Gasteiger partial charge on any atom is 0.337 e. The molecule has 2 rings (SSSR count). The van der Waals surface area contributed by atoms with E-state index in [1.807, 2.05) is 0 Å². The number of esters is 2. The Morgan fingerprint density at radius 2 is 1.80 bits per heavy atom. The van der Waals surface area contributed by atoms with Crippen molar-refractivity contribution < 1.29 is 28.2 Å². The molecule has 0 heterocycles. The van der Waals surface area contributed by atoms with Gasteiger partial charge in [0.05, 0.1) is 19.8 Å². The van der Waals surface area contributed by atoms with Crippen LogP contribution in [0.1, 0.15) is 21.5 Å². The van der Waals surface area contributed by atoms with E-state index in [2.05, 4.69) is 4.74 Å². The Labute approximate surface area is 144 Å². The lowest BCUT2D eigenvalue weighted by atomic mass is 10.1. The molecule has 0 unspecified atom stereocenters. The number of carbonyl (C=O) groups is 2. The summed E-state index contributed by atoms with van der Waals surface area (Å²) in [5.74, 6) is -1.38. The molecule has 130 valence electrons. The van der Waals surface area contributed by atoms with Crippen molar-refractivity contribution in [3.63, 3.8) is 0 Å². The summed E-state index contributed by atoms with van der Waals surface area (Å²) in [4.78, 5) is 23.0. The quantitative estimate of drug-likeness (QED) is 0.594. The molecule has 0 atom stereocenters. The van der Waals surface area contributed by atoms with Crippen LogP contribution in [-0.4, -0.2) is 26.2 Å². The number of ether oxygens (including phenoxy) is 3. The highest BCUT2D eigenvalue weighted by atomic mass is 19.1. The largest absolute Gasteiger partial charge is 0.494 e. The summed E-state index contributed by atoms with van der Waals surface area (Å²) >= 11 is 0. The summed E-state index contributed by atoms with van der Waals surface area (Å²) in [5, 5.41) is 0. The standard InChI is InChI=1S/C19H17FO5/c1-23-17-9-5-14(11-16(17)20)12-25-18(21)10-6-13-3-7-15(8-4-13)19(22)24-2/h3-11H,12H2,1-2H3/b10-6+. The van der Waals surface area contributed by atoms with Crippen LogP contribution in [0.4, 0.5) is 4.39 Å². The van der Waals surface area contributed by atoms with Gasteiger partial charge in [-0.15, -0.1) is 0 Å². The average Bonchev–Trinajstić information content (AvgIpc) is 2.64. The highest BCUT2D eigenvalue weighted by molar-refractivity contribution is 5.90. The van der Waals surface area contributed by atoms with Crippen LogP contribution < -0.4 is 4.74 Å². The van der Waals surface area contributed by atoms with Gasteiger partial charge in [0.25, 0.3) is 0 Å². The second-order valence-corrected chi connectivity index (χ2v) is 5.02. The van der Waals surface area contributed by atoms with Gasteiger partial charge in [-0.1, -0.05) is 18.2 Å². The van der Waals surface area contributed by atoms with Gasteiger partial charge in [-0.2, -0.15) is 0 Å². The second-order valence-electron chi connectivity index (χ2n) is 5.02. The fourth-order valence-corrected chi connectivity index (χ4v) is 2.01. The first-order valence-electron chi connectivity index (χ1n) is 7.39. The van der Waals surface area contributed by atoms with Crippen molar-refractivity contribution in [2.24, 2.45) is 0 Å². The molecular formula is C19H17FO5. The minimum atomic E-state index is -0.562. The Bertz CT molecular complexity index is 781. The molecule has 0 aliphatic carbocycles. The van der Waals surface area contributed by atoms with Crippen molar-refractivity contribution in [3.05, 3.63) is 71.0 Å². The predicted octanol–water partition coefficient (Wildman–Crippen LogP) is 3.38. The van der Waals surface area contributed by atoms with Crippen LogP contribution in [0.5, 0.6) is 5.75 Å². The van der Waals surface area contributed by atoms with Crippen LogP contribution in [-0.2, 0) is 20.9 Å². The predicted molar refractivity (Wildman–Crippen MR) is 89.6 cm³/mol. The molecule has 5 nitrogen and oxygen atoms in total. The van der Waals surface area contributed by atoms with E-state index in [0.29, 0.717) is 11.1 Å². The zero-order valence-electron chi connectivity index (χ0n) is 13.8. The van der Waals surface area contributed by atoms with E-state index in [-0.39, 0.29) is 12.4 Å². The normalized spacial score (nSPS) is 10.5. The first-order valence-corrected chi connectivity index (χ1v) is 7.39. The van der Waals surface area contributed by atoms with Gasteiger partial charge < -0.3 is 14.2 Å². The van der Waals surface area contributed by atoms with Gasteiger partial charge in [-0.05, 0) is 41.5 Å². The van der Waals surface area contributed by atoms with Crippen LogP contribution in [0.2, 0.25) is 0 Å². The monoisotopic (exact) mass is 344 g/mol. The smallest absolute Gasteiger partial charge is 0.337 e. The molecule has 6 heteroatoms. The van der Waals surface area contributed by atoms with E-state index in [1.165, 1.54) is 32.4 Å². The summed E-state index contributed by atoms with van der Waals surface area (Å²) < 4.78 is 28.0. The number of carbonyl (C=O) groups excluding carboxylic acids is 2. The zero-order valence-corrected chi connectivity index (χ0v) is 13.8. The maximum absolute atomic E-state index is 13.5. The minimum absolute atomic E-state index is 0.0502. The van der Waals surface area contributed by atoms with E-state index in [0.717, 1.165) is 5.56 Å². The number of benzene rings is 2. The van der Waals surface area contributed by atoms with Crippen molar-refractivity contribution in [2.75, 3.05) is 14.2 Å². The zero-order chi connectivity index (χ0) is 18.2. The second kappa shape index (κ2) is 8.63. The topological polar surface area (TPSA) is 61.8 Å². The Kier molecular flexibility index (Phi) is 6.28. The SMILES string of the molecule is COC(=O)c1ccc(/C=C/C(=O)OCc2ccc(OC)c(F)c2)cc1. The third-order valence-corrected chi connectivity index (χ3v) is 3.34. The molecule has 0 N–H and O–H groups in total. The maximum atomic E-state index is 13.5. The molecular weight excluding hydrogens is 327 g/mol. The summed E-state index contributed by atoms with van der Waals surface area (Å²) in [5.41, 5.74) is 1.66. The molecule has 2 aromatic carbocycles. The molecule has 2 aromatic rings. The first kappa shape index (κ1) is 18.2. The molecule has 0 aromatic heterocycles. The Balaban J connectivity index is 1.90. The fourth-order valence-electron chi connectivity index (χ4n) is 2.01. The van der Waals surface area contributed by atoms with E-state index in [1.54, 1.807) is 36.4 Å². The Morgan fingerprint density at radius 1 is 1.08 bits per heavy atom. The van der Waals surface area contributed by atoms with Gasteiger partial charge in [0.1, 0.15) is 6.61 Å². The third-order valence-electron chi connectivity index (χ3n) is 3.34. The van der Waals surface area contributed by atoms with E-state index < -0.39 is 17.8 Å². The van der Waals surface area contributed by atoms with Gasteiger partial charge in [-0.3, -0.25) is 0 Å². The van der Waals surface area contributed by atoms with E-state index >= 15 is 0 Å². The highest BCUT2D eigenvalue weighted by Gasteiger charge is 2.06. The summed E-state index contributed by atoms with van der Waals surface area (Å²) in [6.07, 6.45) is 2.81. The summed E-state index contributed by atoms with van der Waals surface area (Å²) in [6, 6.07) is 10.9. The molecule has 0 saturated carbocycles. The van der Waals surface area contributed by atoms with Crippen LogP contribution in [0, 0.1) is 5.82 Å². The van der Waals surface area contributed by atoms with Crippen LogP contribution in [0.25, 0.3) is 6.08 Å². The van der Waals surface area contributed by atoms with Crippen molar-refractivity contribution in [1.29, 1.82) is 0 Å². The Morgan fingerprint density at radius 3 is 2.40 bits per heavy atom. The van der Waals surface area contributed by atoms with Gasteiger partial charge >= 0.3 is 11.9 Å². The number of methoxy groups -OCH3 is 2. The molecule has 0 aliphatic heterocycles. The average molecular weight is 344 g/mol. The molecule has 0 amide bonds. The van der Waals surface area contributed by atoms with Crippen molar-refractivity contribution in [1.82, 2.24) is 0 Å². The lowest BCUT2D eigenvalue weighted by Gasteiger charge is -2.05. The van der Waals surface area contributed by atoms with Gasteiger partial charge in [0.15, 0.2) is 11.6 Å². The van der Waals surface area contributed by atoms with E-state index in [9.17, 15) is 14.0 Å². The molecule has 25 heavy (non-hydrogen) atoms. The first-order chi connectivity index (χ1) is 12.0. The number of hydrogen-bond acceptors (Lipinski definition) is 5. The van der Waals surface area contributed by atoms with Crippen LogP contribution in [0.15, 0.2) is 48.5 Å². The summed E-state index contributed by atoms with van der Waals surface area (Å²) in [7, 11) is 2.68.